The van der Waals surface area contributed by atoms with Crippen LogP contribution in [0.3, 0.4) is 0 Å². The number of hydrogen-bond donors (Lipinski definition) is 1. The summed E-state index contributed by atoms with van der Waals surface area (Å²) in [4.78, 5) is 20.1. The standard InChI is InChI=1S/C20H17F2N5O2/c1-12-8-13(17-16-4-3-7-27(16)25-11-24-17)5-6-14(12)9-23-18(28)15-10-29-19(26-15)20(2,21)22/h3-8,10-11H,9H2,1-2H3,(H,23,28). The van der Waals surface area contributed by atoms with Gasteiger partial charge in [0.25, 0.3) is 11.8 Å². The van der Waals surface area contributed by atoms with Gasteiger partial charge in [0.2, 0.25) is 0 Å². The van der Waals surface area contributed by atoms with Gasteiger partial charge in [-0.1, -0.05) is 12.1 Å². The van der Waals surface area contributed by atoms with Crippen LogP contribution in [0.2, 0.25) is 0 Å². The molecule has 7 nitrogen and oxygen atoms in total. The van der Waals surface area contributed by atoms with Crippen molar-refractivity contribution in [2.24, 2.45) is 0 Å². The van der Waals surface area contributed by atoms with Crippen molar-refractivity contribution in [2.75, 3.05) is 0 Å². The average molecular weight is 397 g/mol. The predicted molar refractivity (Wildman–Crippen MR) is 100 cm³/mol. The van der Waals surface area contributed by atoms with Crippen LogP contribution in [0.5, 0.6) is 0 Å². The van der Waals surface area contributed by atoms with Crippen molar-refractivity contribution in [1.29, 1.82) is 0 Å². The van der Waals surface area contributed by atoms with Crippen molar-refractivity contribution < 1.29 is 18.0 Å². The van der Waals surface area contributed by atoms with E-state index in [4.69, 9.17) is 0 Å². The second-order valence-electron chi connectivity index (χ2n) is 6.70. The van der Waals surface area contributed by atoms with Crippen LogP contribution in [-0.2, 0) is 12.5 Å². The Bertz CT molecular complexity index is 1190. The molecule has 0 saturated heterocycles. The third kappa shape index (κ3) is 3.71. The van der Waals surface area contributed by atoms with E-state index in [2.05, 4.69) is 24.8 Å². The highest BCUT2D eigenvalue weighted by Crippen LogP contribution is 2.26. The van der Waals surface area contributed by atoms with Gasteiger partial charge in [-0.25, -0.2) is 14.5 Å². The highest BCUT2D eigenvalue weighted by molar-refractivity contribution is 5.91. The molecule has 148 valence electrons. The van der Waals surface area contributed by atoms with Crippen LogP contribution in [0.4, 0.5) is 8.78 Å². The first-order valence-corrected chi connectivity index (χ1v) is 8.83. The van der Waals surface area contributed by atoms with Gasteiger partial charge in [-0.15, -0.1) is 0 Å². The van der Waals surface area contributed by atoms with E-state index in [1.807, 2.05) is 43.5 Å². The van der Waals surface area contributed by atoms with Crippen molar-refractivity contribution in [2.45, 2.75) is 26.3 Å². The first-order valence-electron chi connectivity index (χ1n) is 8.83. The Morgan fingerprint density at radius 2 is 2.14 bits per heavy atom. The fourth-order valence-electron chi connectivity index (χ4n) is 2.98. The maximum atomic E-state index is 13.2. The molecule has 0 bridgehead atoms. The molecular weight excluding hydrogens is 380 g/mol. The van der Waals surface area contributed by atoms with Gasteiger partial charge in [0.05, 0.1) is 11.2 Å². The molecule has 0 aliphatic rings. The second kappa shape index (κ2) is 7.08. The van der Waals surface area contributed by atoms with E-state index >= 15 is 0 Å². The molecular formula is C20H17F2N5O2. The zero-order valence-corrected chi connectivity index (χ0v) is 15.7. The minimum absolute atomic E-state index is 0.188. The van der Waals surface area contributed by atoms with Crippen LogP contribution >= 0.6 is 0 Å². The molecule has 1 N–H and O–H groups in total. The summed E-state index contributed by atoms with van der Waals surface area (Å²) in [5.74, 6) is -4.61. The minimum Gasteiger partial charge on any atom is -0.443 e. The van der Waals surface area contributed by atoms with E-state index in [0.717, 1.165) is 34.2 Å². The number of aryl methyl sites for hydroxylation is 1. The maximum Gasteiger partial charge on any atom is 0.319 e. The van der Waals surface area contributed by atoms with Gasteiger partial charge in [-0.3, -0.25) is 4.79 Å². The van der Waals surface area contributed by atoms with Crippen molar-refractivity contribution in [1.82, 2.24) is 24.9 Å². The minimum atomic E-state index is -3.24. The molecule has 0 saturated carbocycles. The summed E-state index contributed by atoms with van der Waals surface area (Å²) in [7, 11) is 0. The zero-order valence-electron chi connectivity index (χ0n) is 15.7. The molecule has 0 spiro atoms. The molecule has 0 aliphatic carbocycles. The summed E-state index contributed by atoms with van der Waals surface area (Å²) >= 11 is 0. The number of amides is 1. The highest BCUT2D eigenvalue weighted by Gasteiger charge is 2.31. The van der Waals surface area contributed by atoms with E-state index in [1.54, 1.807) is 4.52 Å². The molecule has 1 amide bonds. The van der Waals surface area contributed by atoms with Gasteiger partial charge < -0.3 is 9.73 Å². The van der Waals surface area contributed by atoms with Gasteiger partial charge in [-0.2, -0.15) is 13.9 Å². The molecule has 4 aromatic rings. The van der Waals surface area contributed by atoms with Gasteiger partial charge in [-0.05, 0) is 36.2 Å². The predicted octanol–water partition coefficient (Wildman–Crippen LogP) is 3.73. The van der Waals surface area contributed by atoms with Crippen LogP contribution in [0.15, 0.2) is 53.5 Å². The Balaban J connectivity index is 1.50. The summed E-state index contributed by atoms with van der Waals surface area (Å²) in [6.45, 7) is 2.80. The van der Waals surface area contributed by atoms with E-state index in [0.29, 0.717) is 6.92 Å². The summed E-state index contributed by atoms with van der Waals surface area (Å²) in [5, 5.41) is 6.83. The van der Waals surface area contributed by atoms with E-state index in [9.17, 15) is 13.6 Å². The normalized spacial score (nSPS) is 11.7. The molecule has 0 aliphatic heterocycles. The van der Waals surface area contributed by atoms with Crippen LogP contribution < -0.4 is 5.32 Å². The average Bonchev–Trinajstić information content (AvgIpc) is 3.35. The maximum absolute atomic E-state index is 13.2. The fraction of sp³-hybridized carbons (Fsp3) is 0.200. The lowest BCUT2D eigenvalue weighted by Gasteiger charge is -2.10. The Labute approximate surface area is 164 Å². The first kappa shape index (κ1) is 18.7. The molecule has 4 rings (SSSR count). The molecule has 0 atom stereocenters. The number of rotatable bonds is 5. The lowest BCUT2D eigenvalue weighted by Crippen LogP contribution is -2.23. The number of alkyl halides is 2. The SMILES string of the molecule is Cc1cc(-c2ncnn3cccc23)ccc1CNC(=O)c1coc(C(C)(F)F)n1. The highest BCUT2D eigenvalue weighted by atomic mass is 19.3. The van der Waals surface area contributed by atoms with Crippen molar-refractivity contribution in [3.63, 3.8) is 0 Å². The van der Waals surface area contributed by atoms with Crippen molar-refractivity contribution >= 4 is 11.4 Å². The van der Waals surface area contributed by atoms with E-state index in [-0.39, 0.29) is 12.2 Å². The van der Waals surface area contributed by atoms with Gasteiger partial charge in [0.1, 0.15) is 12.6 Å². The number of benzene rings is 1. The number of nitrogens with zero attached hydrogens (tertiary/aromatic N) is 4. The van der Waals surface area contributed by atoms with Crippen LogP contribution in [0.1, 0.15) is 34.4 Å². The molecule has 0 unspecified atom stereocenters. The Morgan fingerprint density at radius 1 is 1.31 bits per heavy atom. The number of hydrogen-bond acceptors (Lipinski definition) is 5. The topological polar surface area (TPSA) is 85.3 Å². The van der Waals surface area contributed by atoms with Crippen LogP contribution in [0.25, 0.3) is 16.8 Å². The summed E-state index contributed by atoms with van der Waals surface area (Å²) in [5.41, 5.74) is 4.27. The number of fused-ring (bicyclic) bond motifs is 1. The summed E-state index contributed by atoms with van der Waals surface area (Å²) < 4.78 is 32.8. The number of halogens is 2. The molecule has 1 aromatic carbocycles. The van der Waals surface area contributed by atoms with Gasteiger partial charge >= 0.3 is 5.92 Å². The monoisotopic (exact) mass is 397 g/mol. The third-order valence-corrected chi connectivity index (χ3v) is 4.50. The quantitative estimate of drug-likeness (QED) is 0.555. The molecule has 29 heavy (non-hydrogen) atoms. The number of nitrogens with one attached hydrogen (secondary N) is 1. The third-order valence-electron chi connectivity index (χ3n) is 4.50. The zero-order chi connectivity index (χ0) is 20.6. The molecule has 9 heteroatoms. The van der Waals surface area contributed by atoms with Crippen molar-refractivity contribution in [3.05, 3.63) is 71.8 Å². The van der Waals surface area contributed by atoms with Crippen LogP contribution in [0, 0.1) is 6.92 Å². The Morgan fingerprint density at radius 3 is 2.86 bits per heavy atom. The van der Waals surface area contributed by atoms with Crippen molar-refractivity contribution in [3.8, 4) is 11.3 Å². The van der Waals surface area contributed by atoms with Gasteiger partial charge in [0.15, 0.2) is 5.69 Å². The Kier molecular flexibility index (Phi) is 4.57. The van der Waals surface area contributed by atoms with E-state index < -0.39 is 17.7 Å². The first-order chi connectivity index (χ1) is 13.8. The van der Waals surface area contributed by atoms with Crippen LogP contribution in [-0.4, -0.2) is 25.5 Å². The lowest BCUT2D eigenvalue weighted by molar-refractivity contribution is -0.0109. The summed E-state index contributed by atoms with van der Waals surface area (Å²) in [6.07, 6.45) is 4.27. The van der Waals surface area contributed by atoms with Gasteiger partial charge in [0, 0.05) is 25.2 Å². The number of aromatic nitrogens is 4. The smallest absolute Gasteiger partial charge is 0.319 e. The number of oxazole rings is 1. The van der Waals surface area contributed by atoms with E-state index in [1.165, 1.54) is 6.33 Å². The number of carbonyl (C=O) groups is 1. The molecule has 0 radical (unpaired) electrons. The largest absolute Gasteiger partial charge is 0.443 e. The Hall–Kier alpha value is -3.62. The molecule has 3 heterocycles. The molecule has 0 fully saturated rings. The number of carbonyl (C=O) groups excluding carboxylic acids is 1. The lowest BCUT2D eigenvalue weighted by atomic mass is 10.0. The fourth-order valence-corrected chi connectivity index (χ4v) is 2.98. The second-order valence-corrected chi connectivity index (χ2v) is 6.70. The summed E-state index contributed by atoms with van der Waals surface area (Å²) in [6, 6.07) is 9.61. The molecule has 3 aromatic heterocycles.